The van der Waals surface area contributed by atoms with Gasteiger partial charge in [0, 0.05) is 0 Å². The van der Waals surface area contributed by atoms with Gasteiger partial charge in [0.05, 0.1) is 0 Å². The molecule has 0 atom stereocenters. The number of rotatable bonds is 10. The largest absolute Gasteiger partial charge is 0.0882 e. The van der Waals surface area contributed by atoms with Gasteiger partial charge in [-0.2, -0.15) is 0 Å². The van der Waals surface area contributed by atoms with Crippen LogP contribution >= 0.6 is 0 Å². The van der Waals surface area contributed by atoms with Crippen LogP contribution in [-0.4, -0.2) is 0 Å². The lowest BCUT2D eigenvalue weighted by atomic mass is 10.1. The molecule has 100 valence electrons. The van der Waals surface area contributed by atoms with Crippen molar-refractivity contribution in [2.45, 2.75) is 64.7 Å². The summed E-state index contributed by atoms with van der Waals surface area (Å²) in [7, 11) is 0. The van der Waals surface area contributed by atoms with E-state index in [1.54, 1.807) is 0 Å². The topological polar surface area (TPSA) is 0 Å². The first-order chi connectivity index (χ1) is 8.93. The molecule has 0 amide bonds. The highest BCUT2D eigenvalue weighted by Gasteiger charge is 1.89. The van der Waals surface area contributed by atoms with Crippen molar-refractivity contribution in [1.82, 2.24) is 0 Å². The predicted molar refractivity (Wildman–Crippen MR) is 81.9 cm³/mol. The Labute approximate surface area is 113 Å². The molecule has 0 heteroatoms. The third-order valence-electron chi connectivity index (χ3n) is 3.34. The van der Waals surface area contributed by atoms with E-state index in [-0.39, 0.29) is 0 Å². The van der Waals surface area contributed by atoms with Gasteiger partial charge < -0.3 is 0 Å². The Balaban J connectivity index is 1.91. The van der Waals surface area contributed by atoms with Gasteiger partial charge in [-0.25, -0.2) is 0 Å². The second-order valence-electron chi connectivity index (χ2n) is 5.07. The molecule has 0 fully saturated rings. The van der Waals surface area contributed by atoms with Gasteiger partial charge in [0.15, 0.2) is 0 Å². The predicted octanol–water partition coefficient (Wildman–Crippen LogP) is 5.93. The monoisotopic (exact) mass is 244 g/mol. The van der Waals surface area contributed by atoms with Crippen molar-refractivity contribution in [1.29, 1.82) is 0 Å². The Morgan fingerprint density at radius 1 is 0.778 bits per heavy atom. The molecule has 0 N–H and O–H groups in total. The summed E-state index contributed by atoms with van der Waals surface area (Å²) in [6.07, 6.45) is 16.8. The molecule has 1 aromatic carbocycles. The van der Waals surface area contributed by atoms with E-state index in [4.69, 9.17) is 0 Å². The van der Waals surface area contributed by atoms with Crippen molar-refractivity contribution in [2.75, 3.05) is 0 Å². The maximum absolute atomic E-state index is 2.35. The molecule has 0 saturated heterocycles. The Hall–Kier alpha value is -1.04. The van der Waals surface area contributed by atoms with Crippen LogP contribution in [0.15, 0.2) is 42.5 Å². The molecule has 0 heterocycles. The van der Waals surface area contributed by atoms with Crippen LogP contribution in [0.3, 0.4) is 0 Å². The van der Waals surface area contributed by atoms with Gasteiger partial charge in [-0.05, 0) is 24.8 Å². The molecule has 0 radical (unpaired) electrons. The molecule has 0 nitrogen and oxygen atoms in total. The van der Waals surface area contributed by atoms with Gasteiger partial charge in [0.2, 0.25) is 0 Å². The summed E-state index contributed by atoms with van der Waals surface area (Å²) in [4.78, 5) is 0. The van der Waals surface area contributed by atoms with Gasteiger partial charge in [-0.1, -0.05) is 87.9 Å². The zero-order valence-electron chi connectivity index (χ0n) is 11.9. The van der Waals surface area contributed by atoms with Crippen molar-refractivity contribution in [3.63, 3.8) is 0 Å². The molecule has 0 aliphatic heterocycles. The van der Waals surface area contributed by atoms with Crippen molar-refractivity contribution < 1.29 is 0 Å². The molecule has 0 aliphatic rings. The van der Waals surface area contributed by atoms with Crippen LogP contribution in [0.25, 0.3) is 0 Å². The van der Waals surface area contributed by atoms with Gasteiger partial charge in [-0.15, -0.1) is 0 Å². The van der Waals surface area contributed by atoms with Crippen molar-refractivity contribution >= 4 is 0 Å². The molecule has 0 saturated carbocycles. The first kappa shape index (κ1) is 15.0. The van der Waals surface area contributed by atoms with E-state index in [1.165, 1.54) is 56.9 Å². The first-order valence-electron chi connectivity index (χ1n) is 7.62. The molecule has 1 aromatic rings. The molecule has 1 rings (SSSR count). The minimum absolute atomic E-state index is 1.08. The van der Waals surface area contributed by atoms with Gasteiger partial charge >= 0.3 is 0 Å². The molecule has 0 unspecified atom stereocenters. The van der Waals surface area contributed by atoms with E-state index < -0.39 is 0 Å². The lowest BCUT2D eigenvalue weighted by Gasteiger charge is -1.99. The Morgan fingerprint density at radius 3 is 2.17 bits per heavy atom. The normalized spacial score (nSPS) is 11.2. The number of benzene rings is 1. The van der Waals surface area contributed by atoms with Crippen LogP contribution in [0.2, 0.25) is 0 Å². The first-order valence-corrected chi connectivity index (χ1v) is 7.62. The molecule has 18 heavy (non-hydrogen) atoms. The fourth-order valence-electron chi connectivity index (χ4n) is 2.17. The molecule has 0 aliphatic carbocycles. The molecule has 0 spiro atoms. The highest BCUT2D eigenvalue weighted by Crippen LogP contribution is 2.09. The summed E-state index contributed by atoms with van der Waals surface area (Å²) in [5, 5.41) is 0. The van der Waals surface area contributed by atoms with Gasteiger partial charge in [0.25, 0.3) is 0 Å². The van der Waals surface area contributed by atoms with E-state index in [0.29, 0.717) is 0 Å². The van der Waals surface area contributed by atoms with Gasteiger partial charge in [0.1, 0.15) is 0 Å². The van der Waals surface area contributed by atoms with Crippen LogP contribution < -0.4 is 0 Å². The Bertz CT molecular complexity index is 297. The van der Waals surface area contributed by atoms with Crippen LogP contribution in [0, 0.1) is 0 Å². The summed E-state index contributed by atoms with van der Waals surface area (Å²) in [6, 6.07) is 10.7. The summed E-state index contributed by atoms with van der Waals surface area (Å²) in [5.41, 5.74) is 1.41. The quantitative estimate of drug-likeness (QED) is 0.353. The minimum Gasteiger partial charge on any atom is -0.0882 e. The number of hydrogen-bond acceptors (Lipinski definition) is 0. The summed E-state index contributed by atoms with van der Waals surface area (Å²) >= 11 is 0. The fraction of sp³-hybridized carbons (Fsp3) is 0.556. The van der Waals surface area contributed by atoms with E-state index in [2.05, 4.69) is 49.4 Å². The van der Waals surface area contributed by atoms with Crippen molar-refractivity contribution in [3.05, 3.63) is 48.0 Å². The zero-order chi connectivity index (χ0) is 12.9. The number of hydrogen-bond donors (Lipinski definition) is 0. The minimum atomic E-state index is 1.08. The average molecular weight is 244 g/mol. The highest BCUT2D eigenvalue weighted by molar-refractivity contribution is 5.17. The lowest BCUT2D eigenvalue weighted by molar-refractivity contribution is 0.592. The maximum Gasteiger partial charge on any atom is -0.00975 e. The van der Waals surface area contributed by atoms with Crippen LogP contribution in [-0.2, 0) is 6.42 Å². The third-order valence-corrected chi connectivity index (χ3v) is 3.34. The Kier molecular flexibility index (Phi) is 9.24. The molecule has 0 bridgehead atoms. The second-order valence-corrected chi connectivity index (χ2v) is 5.07. The van der Waals surface area contributed by atoms with Crippen molar-refractivity contribution in [2.24, 2.45) is 0 Å². The number of allylic oxidation sites excluding steroid dienone is 2. The SMILES string of the molecule is CCCCCCCCC/C=C/Cc1ccccc1. The molecular formula is C18H28. The summed E-state index contributed by atoms with van der Waals surface area (Å²) in [5.74, 6) is 0. The number of unbranched alkanes of at least 4 members (excludes halogenated alkanes) is 7. The van der Waals surface area contributed by atoms with Crippen molar-refractivity contribution in [3.8, 4) is 0 Å². The standard InChI is InChI=1S/C18H28/c1-2-3-4-5-6-7-8-9-10-12-15-18-16-13-11-14-17-18/h10-14,16-17H,2-9,15H2,1H3/b12-10+. The summed E-state index contributed by atoms with van der Waals surface area (Å²) in [6.45, 7) is 2.28. The second kappa shape index (κ2) is 11.1. The smallest absolute Gasteiger partial charge is 0.00975 e. The van der Waals surface area contributed by atoms with Crippen LogP contribution in [0.1, 0.15) is 63.9 Å². The van der Waals surface area contributed by atoms with Crippen LogP contribution in [0.5, 0.6) is 0 Å². The summed E-state index contributed by atoms with van der Waals surface area (Å²) < 4.78 is 0. The Morgan fingerprint density at radius 2 is 1.44 bits per heavy atom. The maximum atomic E-state index is 2.35. The molecule has 0 aromatic heterocycles. The highest BCUT2D eigenvalue weighted by atomic mass is 14.0. The van der Waals surface area contributed by atoms with E-state index in [1.807, 2.05) is 0 Å². The van der Waals surface area contributed by atoms with E-state index >= 15 is 0 Å². The van der Waals surface area contributed by atoms with E-state index in [9.17, 15) is 0 Å². The third kappa shape index (κ3) is 8.11. The van der Waals surface area contributed by atoms with Gasteiger partial charge in [-0.3, -0.25) is 0 Å². The van der Waals surface area contributed by atoms with E-state index in [0.717, 1.165) is 6.42 Å². The zero-order valence-corrected chi connectivity index (χ0v) is 11.9. The fourth-order valence-corrected chi connectivity index (χ4v) is 2.17. The molecular weight excluding hydrogens is 216 g/mol. The average Bonchev–Trinajstić information content (AvgIpc) is 2.42. The van der Waals surface area contributed by atoms with Crippen LogP contribution in [0.4, 0.5) is 0 Å². The lowest BCUT2D eigenvalue weighted by Crippen LogP contribution is -1.80.